The minimum atomic E-state index is -0.00449. The normalized spacial score (nSPS) is 10.1. The number of amides is 1. The number of rotatable bonds is 7. The molecule has 21 heavy (non-hydrogen) atoms. The van der Waals surface area contributed by atoms with Crippen molar-refractivity contribution < 1.29 is 9.53 Å². The summed E-state index contributed by atoms with van der Waals surface area (Å²) in [6.45, 7) is 2.90. The largest absolute Gasteiger partial charge is 0.478 e. The van der Waals surface area contributed by atoms with Crippen LogP contribution in [0.5, 0.6) is 5.88 Å². The number of aromatic nitrogens is 1. The van der Waals surface area contributed by atoms with Crippen LogP contribution >= 0.6 is 11.8 Å². The van der Waals surface area contributed by atoms with Crippen molar-refractivity contribution >= 4 is 17.7 Å². The Hall–Kier alpha value is -2.01. The summed E-state index contributed by atoms with van der Waals surface area (Å²) < 4.78 is 5.43. The number of carbonyl (C=O) groups excluding carboxylic acids is 1. The van der Waals surface area contributed by atoms with Gasteiger partial charge in [0.25, 0.3) is 0 Å². The lowest BCUT2D eigenvalue weighted by atomic mass is 10.2. The van der Waals surface area contributed by atoms with E-state index in [-0.39, 0.29) is 5.91 Å². The third-order valence-electron chi connectivity index (χ3n) is 2.72. The van der Waals surface area contributed by atoms with Crippen molar-refractivity contribution in [1.29, 1.82) is 0 Å². The molecule has 1 aromatic heterocycles. The Labute approximate surface area is 128 Å². The van der Waals surface area contributed by atoms with Gasteiger partial charge in [-0.15, -0.1) is 11.8 Å². The summed E-state index contributed by atoms with van der Waals surface area (Å²) in [5.41, 5.74) is 0.886. The van der Waals surface area contributed by atoms with Gasteiger partial charge in [-0.3, -0.25) is 4.79 Å². The molecule has 0 unspecified atom stereocenters. The van der Waals surface area contributed by atoms with Gasteiger partial charge < -0.3 is 10.1 Å². The molecular formula is C16H18N2O2S. The first-order valence-electron chi connectivity index (χ1n) is 6.81. The number of carbonyl (C=O) groups is 1. The van der Waals surface area contributed by atoms with Crippen LogP contribution in [0.15, 0.2) is 53.6 Å². The van der Waals surface area contributed by atoms with E-state index in [0.29, 0.717) is 24.8 Å². The zero-order valence-corrected chi connectivity index (χ0v) is 12.7. The number of thioether (sulfide) groups is 1. The first-order chi connectivity index (χ1) is 10.3. The van der Waals surface area contributed by atoms with Crippen molar-refractivity contribution in [2.45, 2.75) is 18.4 Å². The Morgan fingerprint density at radius 1 is 1.24 bits per heavy atom. The molecule has 1 N–H and O–H groups in total. The standard InChI is InChI=1S/C16H18N2O2S/c1-2-20-16-13(7-6-10-17-16)11-18-15(19)12-21-14-8-4-3-5-9-14/h3-10H,2,11-12H2,1H3,(H,18,19). The van der Waals surface area contributed by atoms with Gasteiger partial charge in [-0.1, -0.05) is 24.3 Å². The van der Waals surface area contributed by atoms with Gasteiger partial charge in [0.05, 0.1) is 12.4 Å². The fraction of sp³-hybridized carbons (Fsp3) is 0.250. The molecule has 0 aliphatic carbocycles. The molecule has 1 heterocycles. The number of pyridine rings is 1. The molecule has 1 amide bonds. The second kappa shape index (κ2) is 8.32. The van der Waals surface area contributed by atoms with Crippen molar-refractivity contribution in [2.75, 3.05) is 12.4 Å². The fourth-order valence-corrected chi connectivity index (χ4v) is 2.49. The van der Waals surface area contributed by atoms with E-state index in [1.54, 1.807) is 6.20 Å². The van der Waals surface area contributed by atoms with E-state index in [1.807, 2.05) is 49.4 Å². The van der Waals surface area contributed by atoms with E-state index in [0.717, 1.165) is 10.5 Å². The molecule has 2 rings (SSSR count). The SMILES string of the molecule is CCOc1ncccc1CNC(=O)CSc1ccccc1. The van der Waals surface area contributed by atoms with Gasteiger partial charge >= 0.3 is 0 Å². The molecule has 1 aromatic carbocycles. The van der Waals surface area contributed by atoms with Gasteiger partial charge in [0.1, 0.15) is 0 Å². The van der Waals surface area contributed by atoms with E-state index >= 15 is 0 Å². The molecule has 0 saturated carbocycles. The van der Waals surface area contributed by atoms with Crippen LogP contribution in [0.4, 0.5) is 0 Å². The minimum Gasteiger partial charge on any atom is -0.478 e. The van der Waals surface area contributed by atoms with E-state index in [9.17, 15) is 4.79 Å². The summed E-state index contributed by atoms with van der Waals surface area (Å²) in [5.74, 6) is 0.972. The van der Waals surface area contributed by atoms with Crippen LogP contribution in [0.1, 0.15) is 12.5 Å². The van der Waals surface area contributed by atoms with Gasteiger partial charge in [0, 0.05) is 23.2 Å². The summed E-state index contributed by atoms with van der Waals surface area (Å²) in [6, 6.07) is 13.6. The van der Waals surface area contributed by atoms with Gasteiger partial charge in [-0.2, -0.15) is 0 Å². The molecule has 0 radical (unpaired) electrons. The van der Waals surface area contributed by atoms with Crippen molar-refractivity contribution in [3.8, 4) is 5.88 Å². The Morgan fingerprint density at radius 3 is 2.81 bits per heavy atom. The molecule has 0 aliphatic rings. The molecule has 0 spiro atoms. The second-order valence-corrected chi connectivity index (χ2v) is 5.33. The maximum Gasteiger partial charge on any atom is 0.230 e. The third-order valence-corrected chi connectivity index (χ3v) is 3.73. The van der Waals surface area contributed by atoms with Crippen LogP contribution in [-0.4, -0.2) is 23.3 Å². The first-order valence-corrected chi connectivity index (χ1v) is 7.79. The molecule has 2 aromatic rings. The monoisotopic (exact) mass is 302 g/mol. The van der Waals surface area contributed by atoms with Crippen LogP contribution in [-0.2, 0) is 11.3 Å². The van der Waals surface area contributed by atoms with E-state index < -0.39 is 0 Å². The number of ether oxygens (including phenoxy) is 1. The number of hydrogen-bond donors (Lipinski definition) is 1. The lowest BCUT2D eigenvalue weighted by Crippen LogP contribution is -2.25. The number of nitrogens with zero attached hydrogens (tertiary/aromatic N) is 1. The summed E-state index contributed by atoms with van der Waals surface area (Å²) in [4.78, 5) is 17.1. The number of hydrogen-bond acceptors (Lipinski definition) is 4. The lowest BCUT2D eigenvalue weighted by Gasteiger charge is -2.09. The lowest BCUT2D eigenvalue weighted by molar-refractivity contribution is -0.118. The van der Waals surface area contributed by atoms with Crippen molar-refractivity contribution in [2.24, 2.45) is 0 Å². The highest BCUT2D eigenvalue weighted by Gasteiger charge is 2.07. The van der Waals surface area contributed by atoms with Crippen LogP contribution < -0.4 is 10.1 Å². The molecule has 0 fully saturated rings. The Kier molecular flexibility index (Phi) is 6.09. The molecule has 5 heteroatoms. The molecule has 0 saturated heterocycles. The molecule has 0 atom stereocenters. The van der Waals surface area contributed by atoms with E-state index in [1.165, 1.54) is 11.8 Å². The van der Waals surface area contributed by atoms with E-state index in [2.05, 4.69) is 10.3 Å². The smallest absolute Gasteiger partial charge is 0.230 e. The highest BCUT2D eigenvalue weighted by atomic mass is 32.2. The highest BCUT2D eigenvalue weighted by Crippen LogP contribution is 2.17. The van der Waals surface area contributed by atoms with Crippen LogP contribution in [0.3, 0.4) is 0 Å². The van der Waals surface area contributed by atoms with Crippen LogP contribution in [0.25, 0.3) is 0 Å². The topological polar surface area (TPSA) is 51.2 Å². The highest BCUT2D eigenvalue weighted by molar-refractivity contribution is 8.00. The zero-order valence-electron chi connectivity index (χ0n) is 11.9. The Bertz CT molecular complexity index is 575. The second-order valence-electron chi connectivity index (χ2n) is 4.28. The summed E-state index contributed by atoms with van der Waals surface area (Å²) in [5, 5.41) is 2.89. The quantitative estimate of drug-likeness (QED) is 0.799. The average molecular weight is 302 g/mol. The summed E-state index contributed by atoms with van der Waals surface area (Å²) in [6.07, 6.45) is 1.68. The number of nitrogens with one attached hydrogen (secondary N) is 1. The molecular weight excluding hydrogens is 284 g/mol. The van der Waals surface area contributed by atoms with Gasteiger partial charge in [0.2, 0.25) is 11.8 Å². The van der Waals surface area contributed by atoms with Gasteiger partial charge in [-0.25, -0.2) is 4.98 Å². The predicted molar refractivity (Wildman–Crippen MR) is 84.4 cm³/mol. The van der Waals surface area contributed by atoms with Crippen LogP contribution in [0, 0.1) is 0 Å². The first kappa shape index (κ1) is 15.4. The average Bonchev–Trinajstić information content (AvgIpc) is 2.53. The Balaban J connectivity index is 1.81. The molecule has 0 aliphatic heterocycles. The van der Waals surface area contributed by atoms with E-state index in [4.69, 9.17) is 4.74 Å². The maximum absolute atomic E-state index is 11.9. The molecule has 4 nitrogen and oxygen atoms in total. The molecule has 0 bridgehead atoms. The number of benzene rings is 1. The van der Waals surface area contributed by atoms with Gasteiger partial charge in [-0.05, 0) is 25.1 Å². The third kappa shape index (κ3) is 5.11. The Morgan fingerprint density at radius 2 is 2.05 bits per heavy atom. The summed E-state index contributed by atoms with van der Waals surface area (Å²) >= 11 is 1.52. The van der Waals surface area contributed by atoms with Crippen molar-refractivity contribution in [1.82, 2.24) is 10.3 Å². The van der Waals surface area contributed by atoms with Crippen molar-refractivity contribution in [3.63, 3.8) is 0 Å². The van der Waals surface area contributed by atoms with Crippen molar-refractivity contribution in [3.05, 3.63) is 54.2 Å². The van der Waals surface area contributed by atoms with Gasteiger partial charge in [0.15, 0.2) is 0 Å². The fourth-order valence-electron chi connectivity index (χ4n) is 1.74. The molecule has 110 valence electrons. The zero-order chi connectivity index (χ0) is 14.9. The maximum atomic E-state index is 11.9. The minimum absolute atomic E-state index is 0.00449. The van der Waals surface area contributed by atoms with Crippen LogP contribution in [0.2, 0.25) is 0 Å². The summed E-state index contributed by atoms with van der Waals surface area (Å²) in [7, 11) is 0. The predicted octanol–water partition coefficient (Wildman–Crippen LogP) is 2.89.